The van der Waals surface area contributed by atoms with Crippen molar-refractivity contribution in [2.24, 2.45) is 9.98 Å². The Morgan fingerprint density at radius 2 is 1.04 bits per heavy atom. The van der Waals surface area contributed by atoms with Gasteiger partial charge in [-0.3, -0.25) is 0 Å². The lowest BCUT2D eigenvalue weighted by atomic mass is 10.0. The van der Waals surface area contributed by atoms with Gasteiger partial charge in [-0.15, -0.1) is 0 Å². The van der Waals surface area contributed by atoms with Crippen LogP contribution in [0.1, 0.15) is 22.9 Å². The molecule has 1 aliphatic rings. The van der Waals surface area contributed by atoms with Gasteiger partial charge in [-0.2, -0.15) is 0 Å². The van der Waals surface area contributed by atoms with Gasteiger partial charge in [0.15, 0.2) is 5.84 Å². The van der Waals surface area contributed by atoms with Crippen molar-refractivity contribution in [1.29, 1.82) is 0 Å². The van der Waals surface area contributed by atoms with E-state index < -0.39 is 0 Å². The Hall–Kier alpha value is -7.50. The minimum Gasteiger partial charge on any atom is -0.456 e. The first-order valence-electron chi connectivity index (χ1n) is 18.9. The number of fused-ring (bicyclic) bond motifs is 6. The number of hydrogen-bond donors (Lipinski definition) is 1. The first kappa shape index (κ1) is 32.0. The van der Waals surface area contributed by atoms with Gasteiger partial charge in [-0.1, -0.05) is 140 Å². The molecule has 1 N–H and O–H groups in total. The second-order valence-electron chi connectivity index (χ2n) is 14.3. The highest BCUT2D eigenvalue weighted by Crippen LogP contribution is 2.38. The minimum absolute atomic E-state index is 0.256. The van der Waals surface area contributed by atoms with Crippen molar-refractivity contribution in [3.05, 3.63) is 211 Å². The summed E-state index contributed by atoms with van der Waals surface area (Å²) in [5, 5.41) is 8.19. The fourth-order valence-electron chi connectivity index (χ4n) is 8.11. The zero-order chi connectivity index (χ0) is 37.0. The molecule has 8 aromatic carbocycles. The van der Waals surface area contributed by atoms with Crippen molar-refractivity contribution in [1.82, 2.24) is 9.88 Å². The molecule has 5 nitrogen and oxygen atoms in total. The SMILES string of the molecule is c1ccc(C2=NC(c3cccc(-c4ccc5c(c4)oc4cc(-n6c7ccccc7c7cc(-c8ccccc8)ccc76)ccc45)c3)=NC(c3ccccc3)N2)cc1. The molecule has 0 aliphatic carbocycles. The number of benzene rings is 8. The zero-order valence-corrected chi connectivity index (χ0v) is 30.3. The van der Waals surface area contributed by atoms with Gasteiger partial charge in [-0.05, 0) is 76.3 Å². The fourth-order valence-corrected chi connectivity index (χ4v) is 8.11. The molecule has 0 saturated heterocycles. The van der Waals surface area contributed by atoms with Crippen molar-refractivity contribution in [3.8, 4) is 27.9 Å². The van der Waals surface area contributed by atoms with Crippen LogP contribution in [0.3, 0.4) is 0 Å². The van der Waals surface area contributed by atoms with Crippen LogP contribution in [0.25, 0.3) is 71.7 Å². The summed E-state index contributed by atoms with van der Waals surface area (Å²) in [4.78, 5) is 10.1. The summed E-state index contributed by atoms with van der Waals surface area (Å²) >= 11 is 0. The Balaban J connectivity index is 0.972. The van der Waals surface area contributed by atoms with Gasteiger partial charge in [0.05, 0.1) is 11.0 Å². The van der Waals surface area contributed by atoms with Gasteiger partial charge < -0.3 is 14.3 Å². The first-order chi connectivity index (χ1) is 27.7. The highest BCUT2D eigenvalue weighted by Gasteiger charge is 2.21. The number of furan rings is 1. The lowest BCUT2D eigenvalue weighted by Crippen LogP contribution is -2.33. The number of nitrogens with zero attached hydrogens (tertiary/aromatic N) is 3. The van der Waals surface area contributed by atoms with E-state index in [4.69, 9.17) is 14.4 Å². The van der Waals surface area contributed by atoms with Gasteiger partial charge in [-0.25, -0.2) is 9.98 Å². The van der Waals surface area contributed by atoms with Crippen LogP contribution >= 0.6 is 0 Å². The topological polar surface area (TPSA) is 54.8 Å². The smallest absolute Gasteiger partial charge is 0.159 e. The molecule has 0 spiro atoms. The zero-order valence-electron chi connectivity index (χ0n) is 30.3. The summed E-state index contributed by atoms with van der Waals surface area (Å²) in [5.41, 5.74) is 12.7. The largest absolute Gasteiger partial charge is 0.456 e. The Morgan fingerprint density at radius 3 is 1.86 bits per heavy atom. The molecular formula is C51H34N4O. The maximum absolute atomic E-state index is 6.66. The Morgan fingerprint density at radius 1 is 0.429 bits per heavy atom. The number of aliphatic imine (C=N–C) groups is 2. The molecule has 0 amide bonds. The monoisotopic (exact) mass is 718 g/mol. The number of amidine groups is 2. The Bertz CT molecular complexity index is 3160. The summed E-state index contributed by atoms with van der Waals surface area (Å²) in [5.74, 6) is 1.49. The number of rotatable bonds is 6. The molecule has 5 heteroatoms. The molecule has 1 unspecified atom stereocenters. The van der Waals surface area contributed by atoms with Gasteiger partial charge in [0.2, 0.25) is 0 Å². The van der Waals surface area contributed by atoms with Crippen LogP contribution < -0.4 is 5.32 Å². The molecule has 0 fully saturated rings. The van der Waals surface area contributed by atoms with Gasteiger partial charge in [0.1, 0.15) is 23.2 Å². The molecule has 11 rings (SSSR count). The van der Waals surface area contributed by atoms with Gasteiger partial charge in [0.25, 0.3) is 0 Å². The molecule has 3 heterocycles. The summed E-state index contributed by atoms with van der Waals surface area (Å²) in [7, 11) is 0. The maximum Gasteiger partial charge on any atom is 0.159 e. The van der Waals surface area contributed by atoms with Crippen LogP contribution in [0, 0.1) is 0 Å². The van der Waals surface area contributed by atoms with Crippen LogP contribution in [-0.4, -0.2) is 16.2 Å². The van der Waals surface area contributed by atoms with Crippen LogP contribution in [0.2, 0.25) is 0 Å². The molecule has 2 aromatic heterocycles. The third-order valence-corrected chi connectivity index (χ3v) is 10.9. The highest BCUT2D eigenvalue weighted by atomic mass is 16.3. The van der Waals surface area contributed by atoms with Gasteiger partial charge in [0, 0.05) is 44.4 Å². The summed E-state index contributed by atoms with van der Waals surface area (Å²) in [6.07, 6.45) is -0.256. The maximum atomic E-state index is 6.66. The van der Waals surface area contributed by atoms with E-state index >= 15 is 0 Å². The van der Waals surface area contributed by atoms with Crippen molar-refractivity contribution in [3.63, 3.8) is 0 Å². The predicted molar refractivity (Wildman–Crippen MR) is 231 cm³/mol. The van der Waals surface area contributed by atoms with Crippen LogP contribution in [0.15, 0.2) is 209 Å². The summed E-state index contributed by atoms with van der Waals surface area (Å²) < 4.78 is 9.01. The molecule has 0 radical (unpaired) electrons. The van der Waals surface area contributed by atoms with Crippen molar-refractivity contribution in [2.75, 3.05) is 0 Å². The normalized spacial score (nSPS) is 14.2. The van der Waals surface area contributed by atoms with E-state index in [1.54, 1.807) is 0 Å². The van der Waals surface area contributed by atoms with Crippen LogP contribution in [0.4, 0.5) is 0 Å². The third-order valence-electron chi connectivity index (χ3n) is 10.9. The van der Waals surface area contributed by atoms with E-state index in [2.05, 4.69) is 168 Å². The number of hydrogen-bond acceptors (Lipinski definition) is 4. The number of para-hydroxylation sites is 1. The quantitative estimate of drug-likeness (QED) is 0.186. The van der Waals surface area contributed by atoms with E-state index in [0.29, 0.717) is 5.84 Å². The minimum atomic E-state index is -0.256. The average molecular weight is 719 g/mol. The average Bonchev–Trinajstić information content (AvgIpc) is 3.81. The highest BCUT2D eigenvalue weighted by molar-refractivity contribution is 6.14. The standard InChI is InChI=1S/C51H34N4O/c1-4-13-33(14-5-1)37-24-28-46-44(30-37)41-21-10-11-22-45(41)55(46)40-25-27-43-42-26-23-38(31-47(42)56-48(43)32-40)36-19-12-20-39(29-36)51-53-49(34-15-6-2-7-16-34)52-50(54-51)35-17-8-3-9-18-35/h1-32,49H,(H,52,53,54). The second-order valence-corrected chi connectivity index (χ2v) is 14.3. The first-order valence-corrected chi connectivity index (χ1v) is 18.9. The molecule has 56 heavy (non-hydrogen) atoms. The van der Waals surface area contributed by atoms with Crippen LogP contribution in [0.5, 0.6) is 0 Å². The second kappa shape index (κ2) is 13.1. The van der Waals surface area contributed by atoms with Crippen molar-refractivity contribution in [2.45, 2.75) is 6.17 Å². The molecule has 10 aromatic rings. The van der Waals surface area contributed by atoms with E-state index in [0.717, 1.165) is 66.8 Å². The summed E-state index contributed by atoms with van der Waals surface area (Å²) in [6, 6.07) is 68.1. The van der Waals surface area contributed by atoms with E-state index in [1.165, 1.54) is 27.4 Å². The molecule has 0 saturated carbocycles. The third kappa shape index (κ3) is 5.48. The molecular weight excluding hydrogens is 685 g/mol. The predicted octanol–water partition coefficient (Wildman–Crippen LogP) is 12.5. The van der Waals surface area contributed by atoms with Crippen molar-refractivity contribution >= 4 is 55.4 Å². The lowest BCUT2D eigenvalue weighted by Gasteiger charge is -2.23. The lowest BCUT2D eigenvalue weighted by molar-refractivity contribution is 0.669. The van der Waals surface area contributed by atoms with E-state index in [-0.39, 0.29) is 6.17 Å². The molecule has 1 aliphatic heterocycles. The molecule has 264 valence electrons. The number of aromatic nitrogens is 1. The summed E-state index contributed by atoms with van der Waals surface area (Å²) in [6.45, 7) is 0. The molecule has 1 atom stereocenters. The van der Waals surface area contributed by atoms with Gasteiger partial charge >= 0.3 is 0 Å². The van der Waals surface area contributed by atoms with Crippen molar-refractivity contribution < 1.29 is 4.42 Å². The Kier molecular flexibility index (Phi) is 7.49. The van der Waals surface area contributed by atoms with Crippen LogP contribution in [-0.2, 0) is 0 Å². The number of nitrogens with one attached hydrogen (secondary N) is 1. The fraction of sp³-hybridized carbons (Fsp3) is 0.0196. The molecule has 0 bridgehead atoms. The Labute approximate surface area is 323 Å². The van der Waals surface area contributed by atoms with E-state index in [9.17, 15) is 0 Å². The van der Waals surface area contributed by atoms with E-state index in [1.807, 2.05) is 36.4 Å².